The Kier molecular flexibility index (Phi) is 7.21. The largest absolute Gasteiger partial charge is 0.497 e. The molecule has 0 saturated heterocycles. The van der Waals surface area contributed by atoms with E-state index in [1.807, 2.05) is 18.2 Å². The Balaban J connectivity index is 0.000000304. The fourth-order valence-electron chi connectivity index (χ4n) is 1.67. The SMILES string of the molecule is COc1ccc(OC)c(C(O)C(C)N)c1.c1ccncc1. The molecular formula is C16H22N2O3. The van der Waals surface area contributed by atoms with E-state index in [0.717, 1.165) is 0 Å². The second kappa shape index (κ2) is 8.94. The van der Waals surface area contributed by atoms with Gasteiger partial charge in [-0.05, 0) is 37.3 Å². The molecule has 2 unspecified atom stereocenters. The lowest BCUT2D eigenvalue weighted by Crippen LogP contribution is -2.24. The van der Waals surface area contributed by atoms with Crippen molar-refractivity contribution in [3.05, 3.63) is 54.4 Å². The fourth-order valence-corrected chi connectivity index (χ4v) is 1.67. The first-order valence-electron chi connectivity index (χ1n) is 6.60. The van der Waals surface area contributed by atoms with Crippen LogP contribution in [0.5, 0.6) is 11.5 Å². The van der Waals surface area contributed by atoms with Gasteiger partial charge in [-0.3, -0.25) is 4.98 Å². The van der Waals surface area contributed by atoms with Gasteiger partial charge >= 0.3 is 0 Å². The molecule has 5 nitrogen and oxygen atoms in total. The van der Waals surface area contributed by atoms with Gasteiger partial charge in [0.25, 0.3) is 0 Å². The van der Waals surface area contributed by atoms with Crippen LogP contribution in [0.25, 0.3) is 0 Å². The number of ether oxygens (including phenoxy) is 2. The lowest BCUT2D eigenvalue weighted by molar-refractivity contribution is 0.149. The van der Waals surface area contributed by atoms with E-state index in [0.29, 0.717) is 17.1 Å². The van der Waals surface area contributed by atoms with Crippen LogP contribution in [-0.2, 0) is 0 Å². The van der Waals surface area contributed by atoms with Crippen molar-refractivity contribution in [1.29, 1.82) is 0 Å². The summed E-state index contributed by atoms with van der Waals surface area (Å²) < 4.78 is 10.2. The highest BCUT2D eigenvalue weighted by Crippen LogP contribution is 2.30. The lowest BCUT2D eigenvalue weighted by atomic mass is 10.0. The van der Waals surface area contributed by atoms with E-state index in [4.69, 9.17) is 15.2 Å². The van der Waals surface area contributed by atoms with E-state index in [1.54, 1.807) is 51.7 Å². The predicted octanol–water partition coefficient (Wildman–Crippen LogP) is 2.17. The number of hydrogen-bond acceptors (Lipinski definition) is 5. The summed E-state index contributed by atoms with van der Waals surface area (Å²) in [5.41, 5.74) is 6.28. The summed E-state index contributed by atoms with van der Waals surface area (Å²) in [5, 5.41) is 9.87. The van der Waals surface area contributed by atoms with Crippen molar-refractivity contribution in [1.82, 2.24) is 4.98 Å². The molecule has 0 radical (unpaired) electrons. The number of nitrogens with two attached hydrogens (primary N) is 1. The third kappa shape index (κ3) is 5.41. The maximum Gasteiger partial charge on any atom is 0.124 e. The second-order valence-electron chi connectivity index (χ2n) is 4.44. The van der Waals surface area contributed by atoms with Gasteiger partial charge in [0.15, 0.2) is 0 Å². The number of pyridine rings is 1. The van der Waals surface area contributed by atoms with E-state index < -0.39 is 6.10 Å². The molecule has 0 aliphatic carbocycles. The average Bonchev–Trinajstić information content (AvgIpc) is 2.55. The van der Waals surface area contributed by atoms with Gasteiger partial charge in [-0.2, -0.15) is 0 Å². The fraction of sp³-hybridized carbons (Fsp3) is 0.312. The minimum atomic E-state index is -0.755. The van der Waals surface area contributed by atoms with Crippen LogP contribution in [0.1, 0.15) is 18.6 Å². The molecule has 0 amide bonds. The molecule has 0 aliphatic heterocycles. The summed E-state index contributed by atoms with van der Waals surface area (Å²) in [4.78, 5) is 3.78. The summed E-state index contributed by atoms with van der Waals surface area (Å²) in [6.07, 6.45) is 2.75. The highest BCUT2D eigenvalue weighted by molar-refractivity contribution is 5.42. The maximum absolute atomic E-state index is 9.87. The van der Waals surface area contributed by atoms with Crippen molar-refractivity contribution in [2.45, 2.75) is 19.1 Å². The van der Waals surface area contributed by atoms with E-state index in [-0.39, 0.29) is 6.04 Å². The number of aromatic nitrogens is 1. The van der Waals surface area contributed by atoms with Crippen molar-refractivity contribution in [3.63, 3.8) is 0 Å². The third-order valence-corrected chi connectivity index (χ3v) is 2.82. The predicted molar refractivity (Wildman–Crippen MR) is 82.4 cm³/mol. The molecule has 2 atom stereocenters. The molecule has 0 saturated carbocycles. The van der Waals surface area contributed by atoms with Gasteiger partial charge in [0.1, 0.15) is 11.5 Å². The molecule has 2 aromatic rings. The van der Waals surface area contributed by atoms with Crippen LogP contribution in [0.4, 0.5) is 0 Å². The second-order valence-corrected chi connectivity index (χ2v) is 4.44. The topological polar surface area (TPSA) is 77.6 Å². The molecule has 0 spiro atoms. The highest BCUT2D eigenvalue weighted by Gasteiger charge is 2.17. The van der Waals surface area contributed by atoms with Crippen molar-refractivity contribution in [2.24, 2.45) is 5.73 Å². The first-order chi connectivity index (χ1) is 10.1. The van der Waals surface area contributed by atoms with Gasteiger partial charge in [0.2, 0.25) is 0 Å². The summed E-state index contributed by atoms with van der Waals surface area (Å²) >= 11 is 0. The molecule has 114 valence electrons. The van der Waals surface area contributed by atoms with Crippen molar-refractivity contribution in [3.8, 4) is 11.5 Å². The van der Waals surface area contributed by atoms with Crippen LogP contribution >= 0.6 is 0 Å². The van der Waals surface area contributed by atoms with Crippen LogP contribution in [0.15, 0.2) is 48.8 Å². The number of aliphatic hydroxyl groups excluding tert-OH is 1. The molecule has 21 heavy (non-hydrogen) atoms. The number of nitrogens with zero attached hydrogens (tertiary/aromatic N) is 1. The summed E-state index contributed by atoms with van der Waals surface area (Å²) in [5.74, 6) is 1.28. The van der Waals surface area contributed by atoms with Crippen LogP contribution in [0.3, 0.4) is 0 Å². The van der Waals surface area contributed by atoms with Gasteiger partial charge < -0.3 is 20.3 Å². The van der Waals surface area contributed by atoms with Gasteiger partial charge in [-0.25, -0.2) is 0 Å². The van der Waals surface area contributed by atoms with Crippen molar-refractivity contribution in [2.75, 3.05) is 14.2 Å². The summed E-state index contributed by atoms with van der Waals surface area (Å²) in [6, 6.07) is 10.6. The normalized spacial score (nSPS) is 12.6. The van der Waals surface area contributed by atoms with Crippen LogP contribution in [0, 0.1) is 0 Å². The molecule has 2 rings (SSSR count). The maximum atomic E-state index is 9.87. The minimum Gasteiger partial charge on any atom is -0.497 e. The zero-order valence-electron chi connectivity index (χ0n) is 12.6. The smallest absolute Gasteiger partial charge is 0.124 e. The monoisotopic (exact) mass is 290 g/mol. The van der Waals surface area contributed by atoms with Crippen molar-refractivity contribution < 1.29 is 14.6 Å². The van der Waals surface area contributed by atoms with Crippen LogP contribution < -0.4 is 15.2 Å². The van der Waals surface area contributed by atoms with E-state index in [9.17, 15) is 5.11 Å². The standard InChI is InChI=1S/C11H17NO3.C5H5N/c1-7(12)11(13)9-6-8(14-2)4-5-10(9)15-3;1-2-4-6-5-3-1/h4-7,11,13H,12H2,1-3H3;1-5H. The molecular weight excluding hydrogens is 268 g/mol. The first kappa shape index (κ1) is 16.9. The Bertz CT molecular complexity index is 491. The van der Waals surface area contributed by atoms with Gasteiger partial charge in [0.05, 0.1) is 20.3 Å². The Hall–Kier alpha value is -2.11. The first-order valence-corrected chi connectivity index (χ1v) is 6.60. The quantitative estimate of drug-likeness (QED) is 0.902. The van der Waals surface area contributed by atoms with Crippen molar-refractivity contribution >= 4 is 0 Å². The highest BCUT2D eigenvalue weighted by atomic mass is 16.5. The molecule has 0 fully saturated rings. The molecule has 0 aliphatic rings. The van der Waals surface area contributed by atoms with Crippen LogP contribution in [-0.4, -0.2) is 30.4 Å². The van der Waals surface area contributed by atoms with Crippen LogP contribution in [0.2, 0.25) is 0 Å². The van der Waals surface area contributed by atoms with Gasteiger partial charge in [0, 0.05) is 24.0 Å². The molecule has 3 N–H and O–H groups in total. The van der Waals surface area contributed by atoms with E-state index >= 15 is 0 Å². The van der Waals surface area contributed by atoms with E-state index in [2.05, 4.69) is 4.98 Å². The third-order valence-electron chi connectivity index (χ3n) is 2.82. The Morgan fingerprint density at radius 3 is 2.14 bits per heavy atom. The zero-order chi connectivity index (χ0) is 15.7. The molecule has 1 aromatic carbocycles. The van der Waals surface area contributed by atoms with E-state index in [1.165, 1.54) is 0 Å². The number of benzene rings is 1. The number of aliphatic hydroxyl groups is 1. The zero-order valence-corrected chi connectivity index (χ0v) is 12.6. The number of methoxy groups -OCH3 is 2. The Labute approximate surface area is 125 Å². The lowest BCUT2D eigenvalue weighted by Gasteiger charge is -2.18. The summed E-state index contributed by atoms with van der Waals surface area (Å²) in [6.45, 7) is 1.74. The van der Waals surface area contributed by atoms with Gasteiger partial charge in [-0.1, -0.05) is 6.07 Å². The average molecular weight is 290 g/mol. The molecule has 0 bridgehead atoms. The number of rotatable bonds is 4. The number of hydrogen-bond donors (Lipinski definition) is 2. The Morgan fingerprint density at radius 1 is 1.10 bits per heavy atom. The molecule has 1 aromatic heterocycles. The molecule has 1 heterocycles. The minimum absolute atomic E-state index is 0.356. The summed E-state index contributed by atoms with van der Waals surface area (Å²) in [7, 11) is 3.13. The Morgan fingerprint density at radius 2 is 1.76 bits per heavy atom. The molecule has 5 heteroatoms. The van der Waals surface area contributed by atoms with Gasteiger partial charge in [-0.15, -0.1) is 0 Å².